The van der Waals surface area contributed by atoms with Crippen molar-refractivity contribution in [2.75, 3.05) is 20.8 Å². The highest BCUT2D eigenvalue weighted by Gasteiger charge is 2.67. The normalized spacial score (nSPS) is 48.6. The van der Waals surface area contributed by atoms with Gasteiger partial charge in [-0.2, -0.15) is 0 Å². The van der Waals surface area contributed by atoms with Gasteiger partial charge in [-0.05, 0) is 53.8 Å². The molecule has 0 bridgehead atoms. The zero-order valence-corrected chi connectivity index (χ0v) is 19.7. The molecular formula is C19H37NO7Si. The van der Waals surface area contributed by atoms with Gasteiger partial charge < -0.3 is 38.6 Å². The Balaban J connectivity index is 2.03. The summed E-state index contributed by atoms with van der Waals surface area (Å²) in [5.41, 5.74) is 5.90. The van der Waals surface area contributed by atoms with Gasteiger partial charge in [0.25, 0.3) is 0 Å². The van der Waals surface area contributed by atoms with Crippen molar-refractivity contribution < 1.29 is 32.8 Å². The van der Waals surface area contributed by atoms with Gasteiger partial charge in [0.15, 0.2) is 14.1 Å². The molecule has 164 valence electrons. The zero-order chi connectivity index (χ0) is 21.2. The van der Waals surface area contributed by atoms with Gasteiger partial charge in [0, 0.05) is 20.3 Å². The summed E-state index contributed by atoms with van der Waals surface area (Å²) in [6.07, 6.45) is -0.781. The predicted octanol–water partition coefficient (Wildman–Crippen LogP) is 1.97. The van der Waals surface area contributed by atoms with Crippen molar-refractivity contribution in [2.45, 2.75) is 101 Å². The Morgan fingerprint density at radius 1 is 0.893 bits per heavy atom. The number of rotatable bonds is 4. The molecule has 3 fully saturated rings. The summed E-state index contributed by atoms with van der Waals surface area (Å²) in [5.74, 6) is -3.02. The highest BCUT2D eigenvalue weighted by atomic mass is 28.4. The molecule has 3 rings (SSSR count). The van der Waals surface area contributed by atoms with Crippen LogP contribution < -0.4 is 5.73 Å². The highest BCUT2D eigenvalue weighted by molar-refractivity contribution is 6.69. The number of ether oxygens (including phenoxy) is 6. The average molecular weight is 420 g/mol. The second-order valence-electron chi connectivity index (χ2n) is 9.84. The molecule has 1 saturated carbocycles. The van der Waals surface area contributed by atoms with Crippen molar-refractivity contribution in [3.05, 3.63) is 0 Å². The molecule has 9 heteroatoms. The Hall–Kier alpha value is -0.103. The fourth-order valence-corrected chi connectivity index (χ4v) is 6.00. The molecule has 3 aliphatic rings. The standard InChI is InChI=1S/C19H37NO7Si/c1-16(2)23-11-19(27-28(7,8)9)10-12(20)13-14(15(19)26-16)25-18(4,22-6)17(3,21-5)24-13/h12-15H,10-11,20H2,1-9H3/t12-,13-,14+,15-,17+,18+,19-/m0/s1. The first-order valence-corrected chi connectivity index (χ1v) is 13.3. The number of fused-ring (bicyclic) bond motifs is 3. The molecule has 2 heterocycles. The summed E-state index contributed by atoms with van der Waals surface area (Å²) in [4.78, 5) is 0. The third-order valence-corrected chi connectivity index (χ3v) is 7.07. The maximum absolute atomic E-state index is 6.66. The third-order valence-electron chi connectivity index (χ3n) is 6.05. The summed E-state index contributed by atoms with van der Waals surface area (Å²) in [6.45, 7) is 14.2. The number of hydrogen-bond acceptors (Lipinski definition) is 8. The Labute approximate surface area is 169 Å². The molecule has 0 aromatic carbocycles. The Bertz CT molecular complexity index is 599. The lowest BCUT2D eigenvalue weighted by molar-refractivity contribution is -0.477. The summed E-state index contributed by atoms with van der Waals surface area (Å²) in [5, 5.41) is 0. The molecule has 0 spiro atoms. The van der Waals surface area contributed by atoms with E-state index >= 15 is 0 Å². The maximum Gasteiger partial charge on any atom is 0.220 e. The van der Waals surface area contributed by atoms with E-state index in [1.54, 1.807) is 28.1 Å². The van der Waals surface area contributed by atoms with Crippen LogP contribution in [0.25, 0.3) is 0 Å². The van der Waals surface area contributed by atoms with Crippen LogP contribution in [0.4, 0.5) is 0 Å². The van der Waals surface area contributed by atoms with Crippen LogP contribution in [0.2, 0.25) is 19.6 Å². The minimum Gasteiger partial charge on any atom is -0.407 e. The Kier molecular flexibility index (Phi) is 5.62. The van der Waals surface area contributed by atoms with Gasteiger partial charge in [0.05, 0.1) is 6.61 Å². The maximum atomic E-state index is 6.66. The Morgan fingerprint density at radius 2 is 1.43 bits per heavy atom. The van der Waals surface area contributed by atoms with Crippen molar-refractivity contribution in [2.24, 2.45) is 5.73 Å². The molecule has 0 unspecified atom stereocenters. The van der Waals surface area contributed by atoms with Gasteiger partial charge in [-0.15, -0.1) is 0 Å². The monoisotopic (exact) mass is 419 g/mol. The van der Waals surface area contributed by atoms with Crippen LogP contribution in [0, 0.1) is 0 Å². The molecule has 2 N–H and O–H groups in total. The van der Waals surface area contributed by atoms with Gasteiger partial charge in [-0.1, -0.05) is 0 Å². The largest absolute Gasteiger partial charge is 0.407 e. The van der Waals surface area contributed by atoms with Crippen molar-refractivity contribution >= 4 is 8.32 Å². The van der Waals surface area contributed by atoms with Crippen LogP contribution in [0.3, 0.4) is 0 Å². The second-order valence-corrected chi connectivity index (χ2v) is 14.3. The lowest BCUT2D eigenvalue weighted by Crippen LogP contribution is -2.79. The van der Waals surface area contributed by atoms with E-state index in [4.69, 9.17) is 38.6 Å². The smallest absolute Gasteiger partial charge is 0.220 e. The zero-order valence-electron chi connectivity index (χ0n) is 18.7. The van der Waals surface area contributed by atoms with E-state index in [2.05, 4.69) is 19.6 Å². The van der Waals surface area contributed by atoms with E-state index in [9.17, 15) is 0 Å². The van der Waals surface area contributed by atoms with Crippen molar-refractivity contribution in [1.82, 2.24) is 0 Å². The molecular weight excluding hydrogens is 382 g/mol. The topological polar surface area (TPSA) is 90.6 Å². The molecule has 2 saturated heterocycles. The SMILES string of the molecule is CO[C@]1(C)O[C@@H]2[C@@H](O[C@@]1(C)OC)[C@@H]1OC(C)(C)OC[C@@]1(O[Si](C)(C)C)C[C@@H]2N. The molecule has 0 aromatic heterocycles. The second kappa shape index (κ2) is 6.96. The van der Waals surface area contributed by atoms with Gasteiger partial charge >= 0.3 is 0 Å². The quantitative estimate of drug-likeness (QED) is 0.692. The van der Waals surface area contributed by atoms with E-state index in [-0.39, 0.29) is 6.04 Å². The van der Waals surface area contributed by atoms with Crippen molar-refractivity contribution in [3.63, 3.8) is 0 Å². The Morgan fingerprint density at radius 3 is 1.93 bits per heavy atom. The number of methoxy groups -OCH3 is 2. The minimum atomic E-state index is -1.94. The average Bonchev–Trinajstić information content (AvgIpc) is 2.57. The first-order valence-electron chi connectivity index (χ1n) is 9.93. The van der Waals surface area contributed by atoms with Gasteiger partial charge in [0.1, 0.15) is 23.9 Å². The molecule has 0 aromatic rings. The van der Waals surface area contributed by atoms with Crippen molar-refractivity contribution in [3.8, 4) is 0 Å². The highest BCUT2D eigenvalue weighted by Crippen LogP contribution is 2.50. The number of hydrogen-bond donors (Lipinski definition) is 1. The molecule has 2 aliphatic heterocycles. The lowest BCUT2D eigenvalue weighted by atomic mass is 9.74. The fourth-order valence-electron chi connectivity index (χ4n) is 4.52. The van der Waals surface area contributed by atoms with Gasteiger partial charge in [0.2, 0.25) is 11.6 Å². The predicted molar refractivity (Wildman–Crippen MR) is 105 cm³/mol. The van der Waals surface area contributed by atoms with E-state index in [0.29, 0.717) is 13.0 Å². The van der Waals surface area contributed by atoms with E-state index in [1.807, 2.05) is 13.8 Å². The summed E-state index contributed by atoms with van der Waals surface area (Å²) < 4.78 is 43.3. The minimum absolute atomic E-state index is 0.332. The number of nitrogens with two attached hydrogens (primary N) is 1. The van der Waals surface area contributed by atoms with Gasteiger partial charge in [-0.3, -0.25) is 0 Å². The fraction of sp³-hybridized carbons (Fsp3) is 1.00. The van der Waals surface area contributed by atoms with Crippen LogP contribution >= 0.6 is 0 Å². The van der Waals surface area contributed by atoms with Crippen LogP contribution in [0.15, 0.2) is 0 Å². The summed E-state index contributed by atoms with van der Waals surface area (Å²) >= 11 is 0. The van der Waals surface area contributed by atoms with Gasteiger partial charge in [-0.25, -0.2) is 0 Å². The summed E-state index contributed by atoms with van der Waals surface area (Å²) in [6, 6.07) is -0.332. The van der Waals surface area contributed by atoms with E-state index in [1.165, 1.54) is 0 Å². The lowest BCUT2D eigenvalue weighted by Gasteiger charge is -2.62. The molecule has 7 atom stereocenters. The van der Waals surface area contributed by atoms with Crippen LogP contribution in [0.1, 0.15) is 34.1 Å². The van der Waals surface area contributed by atoms with E-state index in [0.717, 1.165) is 0 Å². The van der Waals surface area contributed by atoms with Crippen LogP contribution in [-0.4, -0.2) is 76.5 Å². The van der Waals surface area contributed by atoms with E-state index < -0.39 is 49.6 Å². The molecule has 8 nitrogen and oxygen atoms in total. The molecule has 28 heavy (non-hydrogen) atoms. The molecule has 1 aliphatic carbocycles. The molecule has 0 amide bonds. The van der Waals surface area contributed by atoms with Crippen LogP contribution in [-0.2, 0) is 32.8 Å². The van der Waals surface area contributed by atoms with Crippen LogP contribution in [0.5, 0.6) is 0 Å². The molecule has 0 radical (unpaired) electrons. The first-order chi connectivity index (χ1) is 12.7. The van der Waals surface area contributed by atoms with Crippen molar-refractivity contribution in [1.29, 1.82) is 0 Å². The first kappa shape index (κ1) is 22.6. The third kappa shape index (κ3) is 3.70. The summed E-state index contributed by atoms with van der Waals surface area (Å²) in [7, 11) is 1.20.